The van der Waals surface area contributed by atoms with Crippen LogP contribution in [-0.2, 0) is 16.1 Å². The van der Waals surface area contributed by atoms with Crippen LogP contribution in [0.4, 0.5) is 0 Å². The molecule has 1 N–H and O–H groups in total. The quantitative estimate of drug-likeness (QED) is 0.728. The highest BCUT2D eigenvalue weighted by Crippen LogP contribution is 2.28. The summed E-state index contributed by atoms with van der Waals surface area (Å²) in [6.07, 6.45) is 1.10. The van der Waals surface area contributed by atoms with Crippen LogP contribution in [0.1, 0.15) is 30.9 Å². The first-order valence-corrected chi connectivity index (χ1v) is 7.89. The number of fused-ring (bicyclic) bond motifs is 1. The minimum atomic E-state index is -0.275. The molecule has 0 aliphatic rings. The van der Waals surface area contributed by atoms with Crippen molar-refractivity contribution in [3.8, 4) is 11.4 Å². The van der Waals surface area contributed by atoms with E-state index in [2.05, 4.69) is 10.2 Å². The molecule has 0 aliphatic carbocycles. The fourth-order valence-corrected chi connectivity index (χ4v) is 2.50. The lowest BCUT2D eigenvalue weighted by Crippen LogP contribution is -2.06. The van der Waals surface area contributed by atoms with Crippen molar-refractivity contribution in [1.82, 2.24) is 15.0 Å². The van der Waals surface area contributed by atoms with Gasteiger partial charge in [0.1, 0.15) is 29.1 Å². The van der Waals surface area contributed by atoms with Gasteiger partial charge in [-0.1, -0.05) is 19.1 Å². The van der Waals surface area contributed by atoms with Gasteiger partial charge in [-0.2, -0.15) is 0 Å². The molecule has 0 saturated carbocycles. The van der Waals surface area contributed by atoms with Crippen molar-refractivity contribution in [3.63, 3.8) is 0 Å². The standard InChI is InChI=1S/C18H19N3O3/c1-3-6-17(22)24-11-13-9-12(2)10-16(18(13)23)21-19-14-7-4-5-8-15(14)20-21/h4-5,7-10,23H,3,6,11H2,1-2H3. The van der Waals surface area contributed by atoms with Crippen LogP contribution in [0.5, 0.6) is 5.75 Å². The highest BCUT2D eigenvalue weighted by Gasteiger charge is 2.14. The minimum Gasteiger partial charge on any atom is -0.505 e. The lowest BCUT2D eigenvalue weighted by molar-refractivity contribution is -0.145. The van der Waals surface area contributed by atoms with Gasteiger partial charge >= 0.3 is 5.97 Å². The van der Waals surface area contributed by atoms with E-state index in [-0.39, 0.29) is 18.3 Å². The average molecular weight is 325 g/mol. The molecule has 0 radical (unpaired) electrons. The van der Waals surface area contributed by atoms with Gasteiger partial charge in [0, 0.05) is 12.0 Å². The van der Waals surface area contributed by atoms with E-state index in [1.54, 1.807) is 12.1 Å². The number of rotatable bonds is 5. The fourth-order valence-electron chi connectivity index (χ4n) is 2.50. The number of aromatic hydroxyl groups is 1. The molecule has 0 fully saturated rings. The predicted octanol–water partition coefficient (Wildman–Crippen LogP) is 3.28. The van der Waals surface area contributed by atoms with Crippen LogP contribution < -0.4 is 0 Å². The monoisotopic (exact) mass is 325 g/mol. The van der Waals surface area contributed by atoms with Crippen LogP contribution >= 0.6 is 0 Å². The minimum absolute atomic E-state index is 0.0187. The van der Waals surface area contributed by atoms with Crippen LogP contribution in [0.25, 0.3) is 16.7 Å². The average Bonchev–Trinajstić information content (AvgIpc) is 2.99. The number of esters is 1. The lowest BCUT2D eigenvalue weighted by atomic mass is 10.1. The molecule has 2 aromatic carbocycles. The molecule has 0 amide bonds. The van der Waals surface area contributed by atoms with E-state index in [0.717, 1.165) is 23.0 Å². The molecule has 0 bridgehead atoms. The summed E-state index contributed by atoms with van der Waals surface area (Å²) in [5, 5.41) is 19.3. The molecule has 0 atom stereocenters. The zero-order valence-corrected chi connectivity index (χ0v) is 13.7. The Morgan fingerprint density at radius 3 is 2.50 bits per heavy atom. The number of carbonyl (C=O) groups is 1. The normalized spacial score (nSPS) is 10.9. The van der Waals surface area contributed by atoms with Crippen molar-refractivity contribution in [3.05, 3.63) is 47.5 Å². The largest absolute Gasteiger partial charge is 0.505 e. The summed E-state index contributed by atoms with van der Waals surface area (Å²) >= 11 is 0. The van der Waals surface area contributed by atoms with Crippen LogP contribution in [0, 0.1) is 6.92 Å². The molecule has 1 heterocycles. The summed E-state index contributed by atoms with van der Waals surface area (Å²) in [7, 11) is 0. The Balaban J connectivity index is 1.95. The lowest BCUT2D eigenvalue weighted by Gasteiger charge is -2.11. The molecule has 3 rings (SSSR count). The Bertz CT molecular complexity index is 853. The van der Waals surface area contributed by atoms with Gasteiger partial charge in [-0.15, -0.1) is 15.0 Å². The van der Waals surface area contributed by atoms with E-state index < -0.39 is 0 Å². The first kappa shape index (κ1) is 16.0. The van der Waals surface area contributed by atoms with Gasteiger partial charge < -0.3 is 9.84 Å². The summed E-state index contributed by atoms with van der Waals surface area (Å²) in [4.78, 5) is 13.0. The number of hydrogen-bond donors (Lipinski definition) is 1. The number of carbonyl (C=O) groups excluding carboxylic acids is 1. The van der Waals surface area contributed by atoms with E-state index >= 15 is 0 Å². The van der Waals surface area contributed by atoms with E-state index in [9.17, 15) is 9.90 Å². The van der Waals surface area contributed by atoms with Crippen LogP contribution in [-0.4, -0.2) is 26.1 Å². The number of aryl methyl sites for hydroxylation is 1. The number of phenolic OH excluding ortho intramolecular Hbond substituents is 1. The number of hydrogen-bond acceptors (Lipinski definition) is 5. The Morgan fingerprint density at radius 1 is 1.21 bits per heavy atom. The Labute approximate surface area is 139 Å². The second-order valence-electron chi connectivity index (χ2n) is 5.68. The molecule has 0 saturated heterocycles. The van der Waals surface area contributed by atoms with Crippen molar-refractivity contribution >= 4 is 17.0 Å². The van der Waals surface area contributed by atoms with Gasteiger partial charge in [0.15, 0.2) is 0 Å². The molecule has 24 heavy (non-hydrogen) atoms. The van der Waals surface area contributed by atoms with Crippen LogP contribution in [0.15, 0.2) is 36.4 Å². The van der Waals surface area contributed by atoms with Crippen molar-refractivity contribution in [2.45, 2.75) is 33.3 Å². The topological polar surface area (TPSA) is 77.2 Å². The second kappa shape index (κ2) is 6.70. The SMILES string of the molecule is CCCC(=O)OCc1cc(C)cc(-n2nc3ccccc3n2)c1O. The third kappa shape index (κ3) is 3.22. The van der Waals surface area contributed by atoms with Crippen molar-refractivity contribution in [2.75, 3.05) is 0 Å². The number of nitrogens with zero attached hydrogens (tertiary/aromatic N) is 3. The van der Waals surface area contributed by atoms with Crippen molar-refractivity contribution in [2.24, 2.45) is 0 Å². The van der Waals surface area contributed by atoms with Crippen LogP contribution in [0.3, 0.4) is 0 Å². The molecule has 6 nitrogen and oxygen atoms in total. The zero-order chi connectivity index (χ0) is 17.1. The highest BCUT2D eigenvalue weighted by molar-refractivity contribution is 5.74. The third-order valence-electron chi connectivity index (χ3n) is 3.66. The first-order chi connectivity index (χ1) is 11.6. The molecule has 1 aromatic heterocycles. The predicted molar refractivity (Wildman–Crippen MR) is 90.0 cm³/mol. The zero-order valence-electron chi connectivity index (χ0n) is 13.7. The summed E-state index contributed by atoms with van der Waals surface area (Å²) < 4.78 is 5.21. The molecule has 124 valence electrons. The summed E-state index contributed by atoms with van der Waals surface area (Å²) in [5.74, 6) is -0.256. The Morgan fingerprint density at radius 2 is 1.88 bits per heavy atom. The molecule has 3 aromatic rings. The molecule has 0 aliphatic heterocycles. The number of benzene rings is 2. The maximum absolute atomic E-state index is 11.6. The molecular weight excluding hydrogens is 306 g/mol. The summed E-state index contributed by atoms with van der Waals surface area (Å²) in [6, 6.07) is 11.1. The van der Waals surface area contributed by atoms with Crippen molar-refractivity contribution < 1.29 is 14.6 Å². The smallest absolute Gasteiger partial charge is 0.306 e. The van der Waals surface area contributed by atoms with Gasteiger partial charge in [-0.3, -0.25) is 4.79 Å². The molecule has 6 heteroatoms. The maximum Gasteiger partial charge on any atom is 0.306 e. The first-order valence-electron chi connectivity index (χ1n) is 7.89. The number of aromatic nitrogens is 3. The Hall–Kier alpha value is -2.89. The van der Waals surface area contributed by atoms with Gasteiger partial charge in [-0.25, -0.2) is 0 Å². The van der Waals surface area contributed by atoms with Gasteiger partial charge in [0.25, 0.3) is 0 Å². The van der Waals surface area contributed by atoms with Gasteiger partial charge in [-0.05, 0) is 43.2 Å². The second-order valence-corrected chi connectivity index (χ2v) is 5.68. The van der Waals surface area contributed by atoms with E-state index in [1.165, 1.54) is 4.80 Å². The van der Waals surface area contributed by atoms with Crippen molar-refractivity contribution in [1.29, 1.82) is 0 Å². The maximum atomic E-state index is 11.6. The number of phenols is 1. The molecular formula is C18H19N3O3. The van der Waals surface area contributed by atoms with Crippen LogP contribution in [0.2, 0.25) is 0 Å². The number of ether oxygens (including phenoxy) is 1. The highest BCUT2D eigenvalue weighted by atomic mass is 16.5. The Kier molecular flexibility index (Phi) is 4.46. The van der Waals surface area contributed by atoms with E-state index in [0.29, 0.717) is 17.7 Å². The molecule has 0 spiro atoms. The third-order valence-corrected chi connectivity index (χ3v) is 3.66. The van der Waals surface area contributed by atoms with E-state index in [1.807, 2.05) is 38.1 Å². The van der Waals surface area contributed by atoms with Gasteiger partial charge in [0.05, 0.1) is 0 Å². The fraction of sp³-hybridized carbons (Fsp3) is 0.278. The summed E-state index contributed by atoms with van der Waals surface area (Å²) in [5.41, 5.74) is 3.41. The van der Waals surface area contributed by atoms with Gasteiger partial charge in [0.2, 0.25) is 0 Å². The molecule has 0 unspecified atom stereocenters. The van der Waals surface area contributed by atoms with E-state index in [4.69, 9.17) is 4.74 Å². The summed E-state index contributed by atoms with van der Waals surface area (Å²) in [6.45, 7) is 3.85.